The average molecular weight is 500 g/mol. The number of rotatable bonds is 10. The Hall–Kier alpha value is -3.47. The van der Waals surface area contributed by atoms with E-state index in [-0.39, 0.29) is 13.2 Å². The summed E-state index contributed by atoms with van der Waals surface area (Å²) in [5.74, 6) is 1.20. The molecule has 0 fully saturated rings. The summed E-state index contributed by atoms with van der Waals surface area (Å²) in [4.78, 5) is 24.4. The molecule has 176 valence electrons. The van der Waals surface area contributed by atoms with Crippen LogP contribution in [0.15, 0.2) is 53.6 Å². The van der Waals surface area contributed by atoms with Crippen molar-refractivity contribution in [2.24, 2.45) is 0 Å². The molecule has 1 atom stereocenters. The van der Waals surface area contributed by atoms with Gasteiger partial charge in [-0.25, -0.2) is 15.0 Å². The fourth-order valence-electron chi connectivity index (χ4n) is 3.07. The number of ether oxygens (including phenoxy) is 2. The zero-order valence-corrected chi connectivity index (χ0v) is 19.8. The van der Waals surface area contributed by atoms with Crippen LogP contribution in [0.4, 0.5) is 11.5 Å². The number of benzene rings is 2. The second-order valence-corrected chi connectivity index (χ2v) is 8.35. The second kappa shape index (κ2) is 11.1. The Morgan fingerprint density at radius 3 is 2.82 bits per heavy atom. The molecular weight excluding hydrogens is 478 g/mol. The van der Waals surface area contributed by atoms with Crippen molar-refractivity contribution in [2.45, 2.75) is 19.6 Å². The van der Waals surface area contributed by atoms with Crippen LogP contribution in [0.5, 0.6) is 11.5 Å². The molecule has 0 saturated carbocycles. The van der Waals surface area contributed by atoms with E-state index < -0.39 is 12.0 Å². The van der Waals surface area contributed by atoms with E-state index in [2.05, 4.69) is 25.6 Å². The molecule has 1 amide bonds. The van der Waals surface area contributed by atoms with Crippen LogP contribution < -0.4 is 20.1 Å². The lowest BCUT2D eigenvalue weighted by Crippen LogP contribution is -2.35. The van der Waals surface area contributed by atoms with Gasteiger partial charge in [0.05, 0.1) is 33.7 Å². The van der Waals surface area contributed by atoms with Crippen LogP contribution in [0.2, 0.25) is 5.02 Å². The number of amides is 1. The number of nitrogens with zero attached hydrogens (tertiary/aromatic N) is 3. The summed E-state index contributed by atoms with van der Waals surface area (Å²) in [5, 5.41) is 18.2. The predicted octanol–water partition coefficient (Wildman–Crippen LogP) is 3.94. The maximum absolute atomic E-state index is 11.5. The molecule has 11 heteroatoms. The summed E-state index contributed by atoms with van der Waals surface area (Å²) in [5.41, 5.74) is 4.00. The maximum atomic E-state index is 11.5. The summed E-state index contributed by atoms with van der Waals surface area (Å²) in [6.07, 6.45) is 0.391. The van der Waals surface area contributed by atoms with Gasteiger partial charge >= 0.3 is 0 Å². The van der Waals surface area contributed by atoms with Crippen LogP contribution in [-0.2, 0) is 11.4 Å². The summed E-state index contributed by atoms with van der Waals surface area (Å²) >= 11 is 7.93. The first kappa shape index (κ1) is 23.7. The van der Waals surface area contributed by atoms with Crippen LogP contribution in [0, 0.1) is 0 Å². The lowest BCUT2D eigenvalue weighted by molar-refractivity contribution is -0.128. The van der Waals surface area contributed by atoms with Crippen LogP contribution in [0.25, 0.3) is 10.9 Å². The normalized spacial score (nSPS) is 11.7. The van der Waals surface area contributed by atoms with Crippen molar-refractivity contribution in [3.8, 4) is 11.5 Å². The molecule has 2 aromatic carbocycles. The van der Waals surface area contributed by atoms with E-state index in [0.29, 0.717) is 45.5 Å². The molecule has 0 bridgehead atoms. The summed E-state index contributed by atoms with van der Waals surface area (Å²) in [6, 6.07) is 10.9. The van der Waals surface area contributed by atoms with Gasteiger partial charge in [-0.3, -0.25) is 4.79 Å². The van der Waals surface area contributed by atoms with Crippen molar-refractivity contribution in [1.29, 1.82) is 0 Å². The quantitative estimate of drug-likeness (QED) is 0.281. The number of aliphatic hydroxyl groups excluding tert-OH is 1. The largest absolute Gasteiger partial charge is 0.491 e. The first-order valence-corrected chi connectivity index (χ1v) is 11.7. The van der Waals surface area contributed by atoms with E-state index >= 15 is 0 Å². The number of carbonyl (C=O) groups is 1. The van der Waals surface area contributed by atoms with Crippen LogP contribution >= 0.6 is 22.9 Å². The van der Waals surface area contributed by atoms with E-state index in [1.807, 2.05) is 23.6 Å². The number of fused-ring (bicyclic) bond motifs is 1. The van der Waals surface area contributed by atoms with Crippen LogP contribution in [0.3, 0.4) is 0 Å². The highest BCUT2D eigenvalue weighted by Crippen LogP contribution is 2.34. The fourth-order valence-corrected chi connectivity index (χ4v) is 3.85. The van der Waals surface area contributed by atoms with Gasteiger partial charge < -0.3 is 25.2 Å². The topological polar surface area (TPSA) is 118 Å². The third kappa shape index (κ3) is 5.90. The van der Waals surface area contributed by atoms with Gasteiger partial charge in [-0.05, 0) is 37.3 Å². The predicted molar refractivity (Wildman–Crippen MR) is 131 cm³/mol. The summed E-state index contributed by atoms with van der Waals surface area (Å²) < 4.78 is 11.6. The zero-order chi connectivity index (χ0) is 23.9. The Morgan fingerprint density at radius 1 is 1.18 bits per heavy atom. The van der Waals surface area contributed by atoms with E-state index in [9.17, 15) is 9.90 Å². The highest BCUT2D eigenvalue weighted by molar-refractivity contribution is 7.07. The van der Waals surface area contributed by atoms with E-state index in [1.165, 1.54) is 24.6 Å². The minimum Gasteiger partial charge on any atom is -0.491 e. The molecule has 9 nitrogen and oxygen atoms in total. The standard InChI is InChI=1S/C23H22ClN5O4S/c1-14(30)23(31)25-7-8-32-20-4-2-3-18-21(20)22(27-12-26-18)29-15-5-6-19(17(24)9-15)33-10-16-11-34-13-28-16/h2-6,9,11-14,30H,7-8,10H2,1H3,(H,25,31)(H,26,27,29). The molecule has 4 aromatic rings. The van der Waals surface area contributed by atoms with Crippen molar-refractivity contribution < 1.29 is 19.4 Å². The highest BCUT2D eigenvalue weighted by Gasteiger charge is 2.13. The van der Waals surface area contributed by atoms with E-state index in [1.54, 1.807) is 23.7 Å². The number of carbonyl (C=O) groups excluding carboxylic acids is 1. The molecule has 0 aliphatic carbocycles. The van der Waals surface area contributed by atoms with Crippen molar-refractivity contribution in [2.75, 3.05) is 18.5 Å². The number of aliphatic hydroxyl groups is 1. The molecular formula is C23H22ClN5O4S. The lowest BCUT2D eigenvalue weighted by Gasteiger charge is -2.14. The molecule has 0 aliphatic heterocycles. The molecule has 3 N–H and O–H groups in total. The van der Waals surface area contributed by atoms with Crippen molar-refractivity contribution >= 4 is 51.3 Å². The molecule has 0 radical (unpaired) electrons. The number of hydrogen-bond acceptors (Lipinski definition) is 9. The Balaban J connectivity index is 1.48. The van der Waals surface area contributed by atoms with Gasteiger partial charge in [-0.15, -0.1) is 11.3 Å². The molecule has 4 rings (SSSR count). The summed E-state index contributed by atoms with van der Waals surface area (Å²) in [6.45, 7) is 2.20. The molecule has 34 heavy (non-hydrogen) atoms. The van der Waals surface area contributed by atoms with Gasteiger partial charge in [0.1, 0.15) is 43.0 Å². The lowest BCUT2D eigenvalue weighted by atomic mass is 10.2. The van der Waals surface area contributed by atoms with Crippen LogP contribution in [-0.4, -0.2) is 45.2 Å². The maximum Gasteiger partial charge on any atom is 0.248 e. The number of anilines is 2. The third-order valence-corrected chi connectivity index (χ3v) is 5.65. The van der Waals surface area contributed by atoms with Crippen molar-refractivity contribution in [3.05, 3.63) is 64.3 Å². The number of halogens is 1. The minimum atomic E-state index is -1.07. The van der Waals surface area contributed by atoms with Crippen molar-refractivity contribution in [3.63, 3.8) is 0 Å². The van der Waals surface area contributed by atoms with Gasteiger partial charge in [-0.2, -0.15) is 0 Å². The number of aromatic nitrogens is 3. The highest BCUT2D eigenvalue weighted by atomic mass is 35.5. The molecule has 0 saturated heterocycles. The molecule has 1 unspecified atom stereocenters. The molecule has 2 heterocycles. The molecule has 0 aliphatic rings. The first-order valence-electron chi connectivity index (χ1n) is 10.4. The average Bonchev–Trinajstić information content (AvgIpc) is 3.35. The van der Waals surface area contributed by atoms with Crippen LogP contribution in [0.1, 0.15) is 12.6 Å². The monoisotopic (exact) mass is 499 g/mol. The first-order chi connectivity index (χ1) is 16.5. The van der Waals surface area contributed by atoms with Gasteiger partial charge in [0, 0.05) is 11.1 Å². The van der Waals surface area contributed by atoms with Gasteiger partial charge in [-0.1, -0.05) is 17.7 Å². The SMILES string of the molecule is CC(O)C(=O)NCCOc1cccc2ncnc(Nc3ccc(OCc4cscn4)c(Cl)c3)c12. The molecule has 2 aromatic heterocycles. The number of thiazole rings is 1. The van der Waals surface area contributed by atoms with Crippen molar-refractivity contribution in [1.82, 2.24) is 20.3 Å². The third-order valence-electron chi connectivity index (χ3n) is 4.72. The second-order valence-electron chi connectivity index (χ2n) is 7.23. The van der Waals surface area contributed by atoms with E-state index in [4.69, 9.17) is 21.1 Å². The fraction of sp³-hybridized carbons (Fsp3) is 0.217. The minimum absolute atomic E-state index is 0.211. The Morgan fingerprint density at radius 2 is 2.06 bits per heavy atom. The zero-order valence-electron chi connectivity index (χ0n) is 18.2. The molecule has 0 spiro atoms. The Kier molecular flexibility index (Phi) is 7.73. The van der Waals surface area contributed by atoms with Gasteiger partial charge in [0.25, 0.3) is 0 Å². The Labute approximate surface area is 204 Å². The Bertz CT molecular complexity index is 1260. The van der Waals surface area contributed by atoms with Gasteiger partial charge in [0.15, 0.2) is 0 Å². The summed E-state index contributed by atoms with van der Waals surface area (Å²) in [7, 11) is 0. The number of hydrogen-bond donors (Lipinski definition) is 3. The van der Waals surface area contributed by atoms with E-state index in [0.717, 1.165) is 5.69 Å². The van der Waals surface area contributed by atoms with Gasteiger partial charge in [0.2, 0.25) is 5.91 Å². The number of nitrogens with one attached hydrogen (secondary N) is 2. The smallest absolute Gasteiger partial charge is 0.248 e.